The first kappa shape index (κ1) is 16.5. The SMILES string of the molecule is COC(=O)C1=C(C(=O)OC)N(c2cc(C)ccc2C#N)COC1. The van der Waals surface area contributed by atoms with Gasteiger partial charge in [0.25, 0.3) is 0 Å². The summed E-state index contributed by atoms with van der Waals surface area (Å²) in [5, 5.41) is 9.30. The number of benzene rings is 1. The smallest absolute Gasteiger partial charge is 0.355 e. The van der Waals surface area contributed by atoms with Crippen molar-refractivity contribution < 1.29 is 23.8 Å². The third kappa shape index (κ3) is 3.17. The molecule has 0 saturated carbocycles. The highest BCUT2D eigenvalue weighted by Gasteiger charge is 2.33. The molecule has 0 aromatic heterocycles. The molecular formula is C16H16N2O5. The van der Waals surface area contributed by atoms with Gasteiger partial charge in [-0.1, -0.05) is 6.07 Å². The number of nitriles is 1. The van der Waals surface area contributed by atoms with Gasteiger partial charge < -0.3 is 19.1 Å². The number of rotatable bonds is 3. The Balaban J connectivity index is 2.65. The molecule has 0 aliphatic carbocycles. The Hall–Kier alpha value is -2.85. The summed E-state index contributed by atoms with van der Waals surface area (Å²) in [6.45, 7) is 1.81. The molecule has 2 rings (SSSR count). The van der Waals surface area contributed by atoms with E-state index in [1.165, 1.54) is 19.1 Å². The third-order valence-electron chi connectivity index (χ3n) is 3.40. The maximum atomic E-state index is 12.2. The van der Waals surface area contributed by atoms with Gasteiger partial charge in [-0.25, -0.2) is 9.59 Å². The van der Waals surface area contributed by atoms with Gasteiger partial charge in [0.05, 0.1) is 37.7 Å². The van der Waals surface area contributed by atoms with Gasteiger partial charge in [0, 0.05) is 0 Å². The molecule has 7 nitrogen and oxygen atoms in total. The lowest BCUT2D eigenvalue weighted by molar-refractivity contribution is -0.140. The maximum Gasteiger partial charge on any atom is 0.355 e. The van der Waals surface area contributed by atoms with Crippen LogP contribution in [0.1, 0.15) is 11.1 Å². The minimum atomic E-state index is -0.695. The molecule has 0 bridgehead atoms. The molecule has 0 N–H and O–H groups in total. The molecular weight excluding hydrogens is 300 g/mol. The molecule has 0 radical (unpaired) electrons. The van der Waals surface area contributed by atoms with Crippen LogP contribution in [0.5, 0.6) is 0 Å². The van der Waals surface area contributed by atoms with Crippen molar-refractivity contribution in [1.29, 1.82) is 5.26 Å². The number of ether oxygens (including phenoxy) is 3. The van der Waals surface area contributed by atoms with Crippen molar-refractivity contribution >= 4 is 17.6 Å². The highest BCUT2D eigenvalue weighted by atomic mass is 16.5. The summed E-state index contributed by atoms with van der Waals surface area (Å²) in [5.74, 6) is -1.37. The van der Waals surface area contributed by atoms with E-state index >= 15 is 0 Å². The molecule has 0 atom stereocenters. The Morgan fingerprint density at radius 3 is 2.57 bits per heavy atom. The Morgan fingerprint density at radius 1 is 1.26 bits per heavy atom. The third-order valence-corrected chi connectivity index (χ3v) is 3.40. The molecule has 1 aromatic carbocycles. The van der Waals surface area contributed by atoms with Gasteiger partial charge in [0.2, 0.25) is 0 Å². The molecule has 0 spiro atoms. The highest BCUT2D eigenvalue weighted by Crippen LogP contribution is 2.30. The molecule has 23 heavy (non-hydrogen) atoms. The van der Waals surface area contributed by atoms with Gasteiger partial charge in [-0.3, -0.25) is 0 Å². The van der Waals surface area contributed by atoms with E-state index in [1.807, 2.05) is 6.92 Å². The summed E-state index contributed by atoms with van der Waals surface area (Å²) >= 11 is 0. The molecule has 1 heterocycles. The standard InChI is InChI=1S/C16H16N2O5/c1-10-4-5-11(7-17)13(6-10)18-9-23-8-12(15(19)21-2)14(18)16(20)22-3/h4-6H,8-9H2,1-3H3. The van der Waals surface area contributed by atoms with Crippen LogP contribution < -0.4 is 4.90 Å². The number of carbonyl (C=O) groups is 2. The first-order chi connectivity index (χ1) is 11.0. The van der Waals surface area contributed by atoms with Gasteiger partial charge in [0.15, 0.2) is 0 Å². The lowest BCUT2D eigenvalue weighted by Crippen LogP contribution is -2.39. The van der Waals surface area contributed by atoms with Crippen LogP contribution in [0.4, 0.5) is 5.69 Å². The number of hydrogen-bond donors (Lipinski definition) is 0. The van der Waals surface area contributed by atoms with E-state index in [0.29, 0.717) is 11.3 Å². The number of carbonyl (C=O) groups excluding carboxylic acids is 2. The minimum absolute atomic E-state index is 0.0169. The van der Waals surface area contributed by atoms with Gasteiger partial charge in [-0.15, -0.1) is 0 Å². The quantitative estimate of drug-likeness (QED) is 0.776. The van der Waals surface area contributed by atoms with Crippen molar-refractivity contribution in [2.75, 3.05) is 32.5 Å². The van der Waals surface area contributed by atoms with Crippen molar-refractivity contribution in [3.63, 3.8) is 0 Å². The molecule has 7 heteroatoms. The Kier molecular flexibility index (Phi) is 4.98. The average molecular weight is 316 g/mol. The zero-order valence-corrected chi connectivity index (χ0v) is 13.1. The van der Waals surface area contributed by atoms with Crippen molar-refractivity contribution in [1.82, 2.24) is 0 Å². The molecule has 0 fully saturated rings. The van der Waals surface area contributed by atoms with Gasteiger partial charge >= 0.3 is 11.9 Å². The summed E-state index contributed by atoms with van der Waals surface area (Å²) in [4.78, 5) is 25.6. The average Bonchev–Trinajstić information content (AvgIpc) is 2.59. The van der Waals surface area contributed by atoms with Gasteiger partial charge in [0.1, 0.15) is 18.5 Å². The molecule has 1 aromatic rings. The monoisotopic (exact) mass is 316 g/mol. The van der Waals surface area contributed by atoms with E-state index in [0.717, 1.165) is 5.56 Å². The number of aryl methyl sites for hydroxylation is 1. The molecule has 120 valence electrons. The van der Waals surface area contributed by atoms with E-state index in [2.05, 4.69) is 6.07 Å². The van der Waals surface area contributed by atoms with Crippen molar-refractivity contribution in [3.05, 3.63) is 40.6 Å². The van der Waals surface area contributed by atoms with Crippen LogP contribution in [0.3, 0.4) is 0 Å². The fraction of sp³-hybridized carbons (Fsp3) is 0.312. The largest absolute Gasteiger partial charge is 0.466 e. The second-order valence-electron chi connectivity index (χ2n) is 4.85. The van der Waals surface area contributed by atoms with E-state index in [1.54, 1.807) is 18.2 Å². The zero-order chi connectivity index (χ0) is 17.0. The Bertz CT molecular complexity index is 718. The van der Waals surface area contributed by atoms with Crippen molar-refractivity contribution in [2.24, 2.45) is 0 Å². The lowest BCUT2D eigenvalue weighted by Gasteiger charge is -2.31. The van der Waals surface area contributed by atoms with Crippen LogP contribution in [0.25, 0.3) is 0 Å². The molecule has 1 aliphatic heterocycles. The summed E-state index contributed by atoms with van der Waals surface area (Å²) in [6.07, 6.45) is 0. The van der Waals surface area contributed by atoms with E-state index in [4.69, 9.17) is 14.2 Å². The summed E-state index contributed by atoms with van der Waals surface area (Å²) in [5.41, 5.74) is 1.79. The highest BCUT2D eigenvalue weighted by molar-refractivity contribution is 6.03. The maximum absolute atomic E-state index is 12.2. The first-order valence-corrected chi connectivity index (χ1v) is 6.79. The second-order valence-corrected chi connectivity index (χ2v) is 4.85. The topological polar surface area (TPSA) is 88.9 Å². The fourth-order valence-corrected chi connectivity index (χ4v) is 2.29. The van der Waals surface area contributed by atoms with Crippen molar-refractivity contribution in [2.45, 2.75) is 6.92 Å². The van der Waals surface area contributed by atoms with E-state index in [9.17, 15) is 14.9 Å². The predicted octanol–water partition coefficient (Wildman–Crippen LogP) is 1.26. The first-order valence-electron chi connectivity index (χ1n) is 6.79. The Labute approximate surface area is 133 Å². The van der Waals surface area contributed by atoms with Crippen LogP contribution in [-0.4, -0.2) is 39.5 Å². The molecule has 0 unspecified atom stereocenters. The van der Waals surface area contributed by atoms with E-state index in [-0.39, 0.29) is 24.6 Å². The van der Waals surface area contributed by atoms with Crippen LogP contribution in [0.2, 0.25) is 0 Å². The number of hydrogen-bond acceptors (Lipinski definition) is 7. The number of methoxy groups -OCH3 is 2. The van der Waals surface area contributed by atoms with Gasteiger partial charge in [-0.05, 0) is 24.6 Å². The number of nitrogens with zero attached hydrogens (tertiary/aromatic N) is 2. The number of anilines is 1. The number of esters is 2. The minimum Gasteiger partial charge on any atom is -0.466 e. The summed E-state index contributed by atoms with van der Waals surface area (Å²) in [7, 11) is 2.44. The molecule has 0 amide bonds. The normalized spacial score (nSPS) is 14.3. The second kappa shape index (κ2) is 6.94. The Morgan fingerprint density at radius 2 is 1.96 bits per heavy atom. The fourth-order valence-electron chi connectivity index (χ4n) is 2.29. The summed E-state index contributed by atoms with van der Waals surface area (Å²) < 4.78 is 14.9. The predicted molar refractivity (Wildman–Crippen MR) is 80.3 cm³/mol. The lowest BCUT2D eigenvalue weighted by atomic mass is 10.1. The molecule has 0 saturated heterocycles. The van der Waals surface area contributed by atoms with Crippen LogP contribution >= 0.6 is 0 Å². The summed E-state index contributed by atoms with van der Waals surface area (Å²) in [6, 6.07) is 7.24. The van der Waals surface area contributed by atoms with Crippen LogP contribution in [0, 0.1) is 18.3 Å². The zero-order valence-electron chi connectivity index (χ0n) is 13.1. The van der Waals surface area contributed by atoms with Crippen LogP contribution in [0.15, 0.2) is 29.5 Å². The van der Waals surface area contributed by atoms with Crippen LogP contribution in [-0.2, 0) is 23.8 Å². The van der Waals surface area contributed by atoms with Gasteiger partial charge in [-0.2, -0.15) is 5.26 Å². The van der Waals surface area contributed by atoms with E-state index < -0.39 is 11.9 Å². The van der Waals surface area contributed by atoms with Crippen molar-refractivity contribution in [3.8, 4) is 6.07 Å². The molecule has 1 aliphatic rings.